The number of tetrazole rings is 1. The second-order valence-corrected chi connectivity index (χ2v) is 10.9. The van der Waals surface area contributed by atoms with Crippen LogP contribution in [0, 0.1) is 6.92 Å². The first-order valence-corrected chi connectivity index (χ1v) is 12.9. The Morgan fingerprint density at radius 1 is 1.05 bits per heavy atom. The largest absolute Gasteiger partial charge is 0.322 e. The molecule has 2 aromatic carbocycles. The zero-order valence-electron chi connectivity index (χ0n) is 21.9. The molecule has 0 saturated carbocycles. The predicted octanol–water partition coefficient (Wildman–Crippen LogP) is 5.42. The van der Waals surface area contributed by atoms with Crippen LogP contribution in [0.1, 0.15) is 54.9 Å². The van der Waals surface area contributed by atoms with Gasteiger partial charge >= 0.3 is 0 Å². The molecule has 5 aromatic rings. The van der Waals surface area contributed by atoms with Crippen molar-refractivity contribution in [1.29, 1.82) is 0 Å². The van der Waals surface area contributed by atoms with Crippen LogP contribution in [0.2, 0.25) is 5.02 Å². The van der Waals surface area contributed by atoms with E-state index < -0.39 is 11.6 Å². The molecule has 0 amide bonds. The molecular weight excluding hydrogens is 498 g/mol. The Hall–Kier alpha value is -3.88. The van der Waals surface area contributed by atoms with Crippen LogP contribution in [0.15, 0.2) is 77.9 Å². The van der Waals surface area contributed by atoms with Gasteiger partial charge in [-0.25, -0.2) is 4.68 Å². The first-order valence-electron chi connectivity index (χ1n) is 12.5. The molecule has 0 aliphatic carbocycles. The number of H-pyrrole nitrogens is 1. The third-order valence-electron chi connectivity index (χ3n) is 6.50. The van der Waals surface area contributed by atoms with E-state index in [0.717, 1.165) is 27.6 Å². The van der Waals surface area contributed by atoms with Crippen molar-refractivity contribution in [3.63, 3.8) is 0 Å². The Bertz CT molecular complexity index is 1620. The van der Waals surface area contributed by atoms with Gasteiger partial charge in [0.2, 0.25) is 0 Å². The van der Waals surface area contributed by atoms with Crippen LogP contribution >= 0.6 is 11.6 Å². The summed E-state index contributed by atoms with van der Waals surface area (Å²) in [5.41, 5.74) is 3.77. The molecule has 1 N–H and O–H groups in total. The maximum atomic E-state index is 13.7. The number of aromatic nitrogens is 6. The SMILES string of the molecule is Cc1ccc2[nH]c(=O)c([C@@H](c3nnnn3C(C)(C)C)N(Cc3cccnc3)Cc3ccccc3Cl)cc2c1. The van der Waals surface area contributed by atoms with Crippen molar-refractivity contribution in [3.05, 3.63) is 117 Å². The molecule has 0 bridgehead atoms. The predicted molar refractivity (Wildman–Crippen MR) is 149 cm³/mol. The highest BCUT2D eigenvalue weighted by molar-refractivity contribution is 6.31. The number of halogens is 1. The summed E-state index contributed by atoms with van der Waals surface area (Å²) in [4.78, 5) is 23.3. The summed E-state index contributed by atoms with van der Waals surface area (Å²) < 4.78 is 1.79. The number of aromatic amines is 1. The topological polar surface area (TPSA) is 92.6 Å². The minimum Gasteiger partial charge on any atom is -0.322 e. The zero-order chi connectivity index (χ0) is 26.9. The summed E-state index contributed by atoms with van der Waals surface area (Å²) in [6.07, 6.45) is 3.58. The van der Waals surface area contributed by atoms with Gasteiger partial charge in [-0.05, 0) is 85.0 Å². The fourth-order valence-electron chi connectivity index (χ4n) is 4.70. The molecule has 194 valence electrons. The fraction of sp³-hybridized carbons (Fsp3) is 0.276. The summed E-state index contributed by atoms with van der Waals surface area (Å²) in [5, 5.41) is 14.5. The molecule has 0 radical (unpaired) electrons. The van der Waals surface area contributed by atoms with Crippen molar-refractivity contribution in [2.75, 3.05) is 0 Å². The number of nitrogens with zero attached hydrogens (tertiary/aromatic N) is 6. The monoisotopic (exact) mass is 527 g/mol. The van der Waals surface area contributed by atoms with Gasteiger partial charge in [0.1, 0.15) is 6.04 Å². The van der Waals surface area contributed by atoms with E-state index in [1.165, 1.54) is 0 Å². The van der Waals surface area contributed by atoms with Gasteiger partial charge in [0, 0.05) is 41.6 Å². The Kier molecular flexibility index (Phi) is 7.10. The lowest BCUT2D eigenvalue weighted by Gasteiger charge is -2.33. The van der Waals surface area contributed by atoms with Gasteiger partial charge in [0.15, 0.2) is 5.82 Å². The molecule has 9 heteroatoms. The van der Waals surface area contributed by atoms with Crippen molar-refractivity contribution in [2.24, 2.45) is 0 Å². The van der Waals surface area contributed by atoms with Crippen LogP contribution in [0.4, 0.5) is 0 Å². The van der Waals surface area contributed by atoms with Crippen molar-refractivity contribution in [3.8, 4) is 0 Å². The van der Waals surface area contributed by atoms with E-state index in [1.54, 1.807) is 10.9 Å². The van der Waals surface area contributed by atoms with Gasteiger partial charge in [0.25, 0.3) is 5.56 Å². The zero-order valence-corrected chi connectivity index (χ0v) is 22.6. The van der Waals surface area contributed by atoms with Gasteiger partial charge in [-0.2, -0.15) is 0 Å². The summed E-state index contributed by atoms with van der Waals surface area (Å²) in [6, 6.07) is 19.0. The number of pyridine rings is 2. The number of benzene rings is 2. The second kappa shape index (κ2) is 10.5. The molecule has 0 unspecified atom stereocenters. The Morgan fingerprint density at radius 2 is 1.87 bits per heavy atom. The van der Waals surface area contributed by atoms with Crippen LogP contribution in [-0.2, 0) is 18.6 Å². The summed E-state index contributed by atoms with van der Waals surface area (Å²) in [6.45, 7) is 9.10. The molecule has 0 aliphatic heterocycles. The maximum absolute atomic E-state index is 13.7. The van der Waals surface area contributed by atoms with Crippen LogP contribution in [0.25, 0.3) is 10.9 Å². The van der Waals surface area contributed by atoms with E-state index in [4.69, 9.17) is 11.6 Å². The number of aryl methyl sites for hydroxylation is 1. The lowest BCUT2D eigenvalue weighted by atomic mass is 10.00. The summed E-state index contributed by atoms with van der Waals surface area (Å²) >= 11 is 6.63. The van der Waals surface area contributed by atoms with E-state index in [0.29, 0.717) is 29.5 Å². The van der Waals surface area contributed by atoms with Crippen molar-refractivity contribution in [2.45, 2.75) is 52.4 Å². The van der Waals surface area contributed by atoms with Crippen LogP contribution in [0.5, 0.6) is 0 Å². The minimum atomic E-state index is -0.575. The number of hydrogen-bond acceptors (Lipinski definition) is 6. The van der Waals surface area contributed by atoms with E-state index in [9.17, 15) is 4.79 Å². The van der Waals surface area contributed by atoms with Crippen LogP contribution in [0.3, 0.4) is 0 Å². The maximum Gasteiger partial charge on any atom is 0.253 e. The van der Waals surface area contributed by atoms with Crippen LogP contribution < -0.4 is 5.56 Å². The molecular formula is C29H30ClN7O. The van der Waals surface area contributed by atoms with E-state index in [1.807, 2.05) is 88.5 Å². The second-order valence-electron chi connectivity index (χ2n) is 10.5. The average Bonchev–Trinajstić information content (AvgIpc) is 3.37. The fourth-order valence-corrected chi connectivity index (χ4v) is 4.89. The molecule has 38 heavy (non-hydrogen) atoms. The minimum absolute atomic E-state index is 0.190. The van der Waals surface area contributed by atoms with Crippen molar-refractivity contribution < 1.29 is 0 Å². The Labute approximate surface area is 226 Å². The van der Waals surface area contributed by atoms with Gasteiger partial charge in [0.05, 0.1) is 5.54 Å². The molecule has 3 aromatic heterocycles. The molecule has 3 heterocycles. The van der Waals surface area contributed by atoms with Gasteiger partial charge in [-0.15, -0.1) is 5.10 Å². The first kappa shape index (κ1) is 25.8. The average molecular weight is 528 g/mol. The molecule has 8 nitrogen and oxygen atoms in total. The molecule has 0 spiro atoms. The first-order chi connectivity index (χ1) is 18.2. The lowest BCUT2D eigenvalue weighted by molar-refractivity contribution is 0.184. The highest BCUT2D eigenvalue weighted by atomic mass is 35.5. The number of hydrogen-bond donors (Lipinski definition) is 1. The quantitative estimate of drug-likeness (QED) is 0.304. The van der Waals surface area contributed by atoms with Gasteiger partial charge < -0.3 is 4.98 Å². The third-order valence-corrected chi connectivity index (χ3v) is 6.87. The van der Waals surface area contributed by atoms with Gasteiger partial charge in [-0.3, -0.25) is 14.7 Å². The highest BCUT2D eigenvalue weighted by Crippen LogP contribution is 2.33. The van der Waals surface area contributed by atoms with Crippen LogP contribution in [-0.4, -0.2) is 35.1 Å². The van der Waals surface area contributed by atoms with E-state index >= 15 is 0 Å². The highest BCUT2D eigenvalue weighted by Gasteiger charge is 2.34. The van der Waals surface area contributed by atoms with Gasteiger partial charge in [-0.1, -0.05) is 47.5 Å². The Morgan fingerprint density at radius 3 is 2.61 bits per heavy atom. The summed E-state index contributed by atoms with van der Waals surface area (Å²) in [7, 11) is 0. The number of rotatable bonds is 7. The normalized spacial score (nSPS) is 12.8. The molecule has 0 fully saturated rings. The third kappa shape index (κ3) is 5.37. The molecule has 0 aliphatic rings. The number of fused-ring (bicyclic) bond motifs is 1. The molecule has 1 atom stereocenters. The van der Waals surface area contributed by atoms with E-state index in [2.05, 4.69) is 36.5 Å². The molecule has 5 rings (SSSR count). The van der Waals surface area contributed by atoms with E-state index in [-0.39, 0.29) is 5.56 Å². The number of nitrogens with one attached hydrogen (secondary N) is 1. The van der Waals surface area contributed by atoms with Crippen molar-refractivity contribution in [1.82, 2.24) is 35.1 Å². The summed E-state index contributed by atoms with van der Waals surface area (Å²) in [5.74, 6) is 0.575. The van der Waals surface area contributed by atoms with Crippen molar-refractivity contribution >= 4 is 22.5 Å². The smallest absolute Gasteiger partial charge is 0.253 e. The lowest BCUT2D eigenvalue weighted by Crippen LogP contribution is -2.37. The molecule has 0 saturated heterocycles. The standard InChI is InChI=1S/C29H30ClN7O/c1-19-11-12-25-22(14-19)15-23(28(38)32-25)26(27-33-34-35-37(27)29(2,3)4)36(17-20-8-7-13-31-16-20)18-21-9-5-6-10-24(21)30/h5-16,26H,17-18H2,1-4H3,(H,32,38)/t26-/m0/s1. The Balaban J connectivity index is 1.75.